The molecular weight excluding hydrogens is 230 g/mol. The molecule has 100 valence electrons. The van der Waals surface area contributed by atoms with E-state index in [-0.39, 0.29) is 0 Å². The lowest BCUT2D eigenvalue weighted by molar-refractivity contribution is 0.987. The SMILES string of the molecule is Cc1ccc(NCCc2c(C)cc(C)cc2C)cc1. The summed E-state index contributed by atoms with van der Waals surface area (Å²) in [6.45, 7) is 9.67. The van der Waals surface area contributed by atoms with Crippen LogP contribution in [0, 0.1) is 27.7 Å². The van der Waals surface area contributed by atoms with Gasteiger partial charge in [0.05, 0.1) is 0 Å². The summed E-state index contributed by atoms with van der Waals surface area (Å²) >= 11 is 0. The van der Waals surface area contributed by atoms with E-state index in [0.717, 1.165) is 13.0 Å². The van der Waals surface area contributed by atoms with Crippen molar-refractivity contribution in [3.63, 3.8) is 0 Å². The Morgan fingerprint density at radius 3 is 1.95 bits per heavy atom. The molecule has 0 bridgehead atoms. The summed E-state index contributed by atoms with van der Waals surface area (Å²) < 4.78 is 0. The number of anilines is 1. The van der Waals surface area contributed by atoms with Crippen molar-refractivity contribution in [3.05, 3.63) is 64.2 Å². The molecule has 0 fully saturated rings. The van der Waals surface area contributed by atoms with Gasteiger partial charge in [-0.3, -0.25) is 0 Å². The molecule has 0 amide bonds. The first-order valence-corrected chi connectivity index (χ1v) is 6.93. The van der Waals surface area contributed by atoms with E-state index in [1.54, 1.807) is 0 Å². The first-order chi connectivity index (χ1) is 9.06. The van der Waals surface area contributed by atoms with Crippen LogP contribution in [0.3, 0.4) is 0 Å². The normalized spacial score (nSPS) is 10.5. The Hall–Kier alpha value is -1.76. The molecule has 0 saturated carbocycles. The van der Waals surface area contributed by atoms with E-state index in [1.165, 1.54) is 33.5 Å². The molecule has 0 saturated heterocycles. The fourth-order valence-corrected chi connectivity index (χ4v) is 2.61. The van der Waals surface area contributed by atoms with Crippen molar-refractivity contribution in [3.8, 4) is 0 Å². The molecule has 0 aromatic heterocycles. The third-order valence-electron chi connectivity index (χ3n) is 3.60. The van der Waals surface area contributed by atoms with Gasteiger partial charge in [-0.05, 0) is 62.9 Å². The summed E-state index contributed by atoms with van der Waals surface area (Å²) in [5.74, 6) is 0. The lowest BCUT2D eigenvalue weighted by Gasteiger charge is -2.12. The standard InChI is InChI=1S/C18H23N/c1-13-5-7-17(8-6-13)19-10-9-18-15(3)11-14(2)12-16(18)4/h5-8,11-12,19H,9-10H2,1-4H3. The van der Waals surface area contributed by atoms with Gasteiger partial charge in [0.2, 0.25) is 0 Å². The maximum atomic E-state index is 3.49. The molecule has 19 heavy (non-hydrogen) atoms. The molecule has 0 aliphatic rings. The predicted molar refractivity (Wildman–Crippen MR) is 84.0 cm³/mol. The second-order valence-electron chi connectivity index (χ2n) is 5.42. The molecule has 0 aliphatic heterocycles. The molecule has 0 unspecified atom stereocenters. The molecule has 1 N–H and O–H groups in total. The number of nitrogens with one attached hydrogen (secondary N) is 1. The Labute approximate surface area is 116 Å². The molecule has 1 nitrogen and oxygen atoms in total. The Morgan fingerprint density at radius 2 is 1.37 bits per heavy atom. The van der Waals surface area contributed by atoms with E-state index in [4.69, 9.17) is 0 Å². The van der Waals surface area contributed by atoms with Gasteiger partial charge in [0.25, 0.3) is 0 Å². The molecule has 0 atom stereocenters. The minimum absolute atomic E-state index is 0.980. The summed E-state index contributed by atoms with van der Waals surface area (Å²) in [6, 6.07) is 13.1. The van der Waals surface area contributed by atoms with Gasteiger partial charge in [-0.15, -0.1) is 0 Å². The number of hydrogen-bond acceptors (Lipinski definition) is 1. The van der Waals surface area contributed by atoms with Crippen molar-refractivity contribution in [1.82, 2.24) is 0 Å². The number of aryl methyl sites for hydroxylation is 4. The zero-order valence-corrected chi connectivity index (χ0v) is 12.4. The third kappa shape index (κ3) is 3.60. The minimum Gasteiger partial charge on any atom is -0.385 e. The minimum atomic E-state index is 0.980. The molecular formula is C18H23N. The fourth-order valence-electron chi connectivity index (χ4n) is 2.61. The van der Waals surface area contributed by atoms with Gasteiger partial charge in [-0.1, -0.05) is 35.4 Å². The largest absolute Gasteiger partial charge is 0.385 e. The maximum Gasteiger partial charge on any atom is 0.0340 e. The summed E-state index contributed by atoms with van der Waals surface area (Å²) in [5, 5.41) is 3.49. The number of benzene rings is 2. The van der Waals surface area contributed by atoms with E-state index >= 15 is 0 Å². The molecule has 0 aliphatic carbocycles. The highest BCUT2D eigenvalue weighted by Gasteiger charge is 2.03. The predicted octanol–water partition coefficient (Wildman–Crippen LogP) is 4.57. The van der Waals surface area contributed by atoms with Gasteiger partial charge in [-0.2, -0.15) is 0 Å². The van der Waals surface area contributed by atoms with Gasteiger partial charge in [0, 0.05) is 12.2 Å². The van der Waals surface area contributed by atoms with E-state index < -0.39 is 0 Å². The average molecular weight is 253 g/mol. The van der Waals surface area contributed by atoms with Crippen LogP contribution in [-0.4, -0.2) is 6.54 Å². The maximum absolute atomic E-state index is 3.49. The zero-order chi connectivity index (χ0) is 13.8. The van der Waals surface area contributed by atoms with Gasteiger partial charge in [-0.25, -0.2) is 0 Å². The summed E-state index contributed by atoms with van der Waals surface area (Å²) in [5.41, 5.74) is 8.14. The van der Waals surface area contributed by atoms with Gasteiger partial charge >= 0.3 is 0 Å². The molecule has 2 aromatic rings. The molecule has 1 heteroatoms. The average Bonchev–Trinajstić information content (AvgIpc) is 2.34. The highest BCUT2D eigenvalue weighted by molar-refractivity contribution is 5.45. The van der Waals surface area contributed by atoms with Crippen molar-refractivity contribution in [1.29, 1.82) is 0 Å². The van der Waals surface area contributed by atoms with Gasteiger partial charge in [0.15, 0.2) is 0 Å². The quantitative estimate of drug-likeness (QED) is 0.841. The fraction of sp³-hybridized carbons (Fsp3) is 0.333. The molecule has 2 aromatic carbocycles. The topological polar surface area (TPSA) is 12.0 Å². The van der Waals surface area contributed by atoms with Crippen LogP contribution < -0.4 is 5.32 Å². The Kier molecular flexibility index (Phi) is 4.26. The number of hydrogen-bond donors (Lipinski definition) is 1. The lowest BCUT2D eigenvalue weighted by atomic mass is 9.97. The van der Waals surface area contributed by atoms with Crippen molar-refractivity contribution >= 4 is 5.69 Å². The summed E-state index contributed by atoms with van der Waals surface area (Å²) in [4.78, 5) is 0. The third-order valence-corrected chi connectivity index (χ3v) is 3.60. The zero-order valence-electron chi connectivity index (χ0n) is 12.4. The van der Waals surface area contributed by atoms with Crippen LogP contribution in [-0.2, 0) is 6.42 Å². The van der Waals surface area contributed by atoms with Crippen LogP contribution in [0.4, 0.5) is 5.69 Å². The van der Waals surface area contributed by atoms with E-state index in [9.17, 15) is 0 Å². The van der Waals surface area contributed by atoms with E-state index in [1.807, 2.05) is 0 Å². The van der Waals surface area contributed by atoms with Crippen LogP contribution in [0.1, 0.15) is 27.8 Å². The first kappa shape index (κ1) is 13.7. The van der Waals surface area contributed by atoms with Crippen LogP contribution in [0.5, 0.6) is 0 Å². The highest BCUT2D eigenvalue weighted by Crippen LogP contribution is 2.17. The van der Waals surface area contributed by atoms with E-state index in [0.29, 0.717) is 0 Å². The van der Waals surface area contributed by atoms with Crippen LogP contribution in [0.15, 0.2) is 36.4 Å². The molecule has 0 radical (unpaired) electrons. The van der Waals surface area contributed by atoms with Crippen molar-refractivity contribution in [2.45, 2.75) is 34.1 Å². The summed E-state index contributed by atoms with van der Waals surface area (Å²) in [7, 11) is 0. The van der Waals surface area contributed by atoms with Crippen molar-refractivity contribution < 1.29 is 0 Å². The second-order valence-corrected chi connectivity index (χ2v) is 5.42. The smallest absolute Gasteiger partial charge is 0.0340 e. The molecule has 0 heterocycles. The molecule has 2 rings (SSSR count). The van der Waals surface area contributed by atoms with E-state index in [2.05, 4.69) is 69.4 Å². The lowest BCUT2D eigenvalue weighted by Crippen LogP contribution is -2.07. The second kappa shape index (κ2) is 5.92. The van der Waals surface area contributed by atoms with Crippen molar-refractivity contribution in [2.75, 3.05) is 11.9 Å². The van der Waals surface area contributed by atoms with Crippen LogP contribution in [0.2, 0.25) is 0 Å². The molecule has 0 spiro atoms. The Bertz CT molecular complexity index is 529. The highest BCUT2D eigenvalue weighted by atomic mass is 14.9. The van der Waals surface area contributed by atoms with Crippen LogP contribution in [0.25, 0.3) is 0 Å². The number of rotatable bonds is 4. The van der Waals surface area contributed by atoms with Gasteiger partial charge < -0.3 is 5.32 Å². The monoisotopic (exact) mass is 253 g/mol. The van der Waals surface area contributed by atoms with Gasteiger partial charge in [0.1, 0.15) is 0 Å². The Balaban J connectivity index is 1.98. The first-order valence-electron chi connectivity index (χ1n) is 6.93. The van der Waals surface area contributed by atoms with Crippen molar-refractivity contribution in [2.24, 2.45) is 0 Å². The van der Waals surface area contributed by atoms with Crippen LogP contribution >= 0.6 is 0 Å². The Morgan fingerprint density at radius 1 is 0.789 bits per heavy atom. The summed E-state index contributed by atoms with van der Waals surface area (Å²) in [6.07, 6.45) is 1.08.